The summed E-state index contributed by atoms with van der Waals surface area (Å²) in [5, 5.41) is 11.3. The molecule has 64 valence electrons. The fraction of sp³-hybridized carbons (Fsp3) is 0.375. The molecule has 0 aliphatic carbocycles. The van der Waals surface area contributed by atoms with Crippen LogP contribution in [0.3, 0.4) is 0 Å². The Morgan fingerprint density at radius 1 is 1.67 bits per heavy atom. The largest absolute Gasteiger partial charge is 0.467 e. The van der Waals surface area contributed by atoms with E-state index in [1.165, 1.54) is 0 Å². The maximum atomic E-state index is 8.26. The van der Waals surface area contributed by atoms with Crippen molar-refractivity contribution in [3.8, 4) is 6.07 Å². The Labute approximate surface area is 79.5 Å². The summed E-state index contributed by atoms with van der Waals surface area (Å²) in [6.45, 7) is 1.36. The molecule has 0 saturated carbocycles. The van der Waals surface area contributed by atoms with Crippen LogP contribution in [-0.2, 0) is 6.54 Å². The highest BCUT2D eigenvalue weighted by molar-refractivity contribution is 9.10. The van der Waals surface area contributed by atoms with E-state index in [9.17, 15) is 0 Å². The van der Waals surface area contributed by atoms with Gasteiger partial charge in [-0.05, 0) is 22.0 Å². The number of rotatable bonds is 4. The molecule has 0 aliphatic heterocycles. The van der Waals surface area contributed by atoms with Gasteiger partial charge in [0.1, 0.15) is 5.76 Å². The van der Waals surface area contributed by atoms with Gasteiger partial charge in [-0.3, -0.25) is 0 Å². The molecular weight excluding hydrogens is 220 g/mol. The lowest BCUT2D eigenvalue weighted by Crippen LogP contribution is -2.13. The van der Waals surface area contributed by atoms with Crippen molar-refractivity contribution in [3.63, 3.8) is 0 Å². The molecule has 1 aromatic heterocycles. The van der Waals surface area contributed by atoms with Crippen molar-refractivity contribution in [2.75, 3.05) is 6.54 Å². The van der Waals surface area contributed by atoms with Crippen LogP contribution in [0.5, 0.6) is 0 Å². The van der Waals surface area contributed by atoms with Gasteiger partial charge in [0.15, 0.2) is 0 Å². The van der Waals surface area contributed by atoms with Crippen LogP contribution < -0.4 is 5.32 Å². The summed E-state index contributed by atoms with van der Waals surface area (Å²) in [5.41, 5.74) is 0. The number of nitrogens with one attached hydrogen (secondary N) is 1. The molecule has 0 amide bonds. The standard InChI is InChI=1S/C8H9BrN2O/c9-7-2-5-12-8(7)6-11-4-1-3-10/h2,5,11H,1,4,6H2. The minimum Gasteiger partial charge on any atom is -0.467 e. The van der Waals surface area contributed by atoms with E-state index in [1.807, 2.05) is 6.07 Å². The molecular formula is C8H9BrN2O. The molecule has 0 saturated heterocycles. The first-order valence-electron chi connectivity index (χ1n) is 3.64. The Hall–Kier alpha value is -0.790. The van der Waals surface area contributed by atoms with Crippen LogP contribution in [0.4, 0.5) is 0 Å². The van der Waals surface area contributed by atoms with Gasteiger partial charge in [-0.2, -0.15) is 5.26 Å². The first-order valence-corrected chi connectivity index (χ1v) is 4.43. The van der Waals surface area contributed by atoms with Crippen LogP contribution in [0.1, 0.15) is 12.2 Å². The number of nitrogens with zero attached hydrogens (tertiary/aromatic N) is 1. The molecule has 0 aromatic carbocycles. The molecule has 0 radical (unpaired) electrons. The zero-order chi connectivity index (χ0) is 8.81. The fourth-order valence-electron chi connectivity index (χ4n) is 0.797. The predicted octanol–water partition coefficient (Wildman–Crippen LogP) is 2.05. The second kappa shape index (κ2) is 4.96. The molecule has 3 nitrogen and oxygen atoms in total. The predicted molar refractivity (Wildman–Crippen MR) is 48.3 cm³/mol. The molecule has 1 N–H and O–H groups in total. The monoisotopic (exact) mass is 228 g/mol. The van der Waals surface area contributed by atoms with E-state index < -0.39 is 0 Å². The maximum Gasteiger partial charge on any atom is 0.131 e. The average molecular weight is 229 g/mol. The van der Waals surface area contributed by atoms with E-state index in [1.54, 1.807) is 6.26 Å². The molecule has 1 aromatic rings. The van der Waals surface area contributed by atoms with Gasteiger partial charge in [0.25, 0.3) is 0 Å². The number of nitriles is 1. The minimum absolute atomic E-state index is 0.526. The summed E-state index contributed by atoms with van der Waals surface area (Å²) in [6, 6.07) is 3.91. The van der Waals surface area contributed by atoms with Gasteiger partial charge < -0.3 is 9.73 Å². The molecule has 0 bridgehead atoms. The number of hydrogen-bond donors (Lipinski definition) is 1. The van der Waals surface area contributed by atoms with Crippen LogP contribution >= 0.6 is 15.9 Å². The first kappa shape index (κ1) is 9.30. The Morgan fingerprint density at radius 3 is 3.08 bits per heavy atom. The van der Waals surface area contributed by atoms with E-state index in [2.05, 4.69) is 27.3 Å². The third kappa shape index (κ3) is 2.68. The molecule has 0 aliphatic rings. The zero-order valence-corrected chi connectivity index (χ0v) is 8.10. The summed E-state index contributed by atoms with van der Waals surface area (Å²) in [4.78, 5) is 0. The van der Waals surface area contributed by atoms with Gasteiger partial charge >= 0.3 is 0 Å². The number of hydrogen-bond acceptors (Lipinski definition) is 3. The zero-order valence-electron chi connectivity index (χ0n) is 6.51. The van der Waals surface area contributed by atoms with Gasteiger partial charge in [0.05, 0.1) is 23.3 Å². The summed E-state index contributed by atoms with van der Waals surface area (Å²) >= 11 is 3.34. The normalized spacial score (nSPS) is 9.67. The Kier molecular flexibility index (Phi) is 3.85. The van der Waals surface area contributed by atoms with E-state index in [-0.39, 0.29) is 0 Å². The molecule has 0 atom stereocenters. The third-order valence-electron chi connectivity index (χ3n) is 1.39. The van der Waals surface area contributed by atoms with Crippen molar-refractivity contribution in [3.05, 3.63) is 22.6 Å². The lowest BCUT2D eigenvalue weighted by molar-refractivity contribution is 0.483. The van der Waals surface area contributed by atoms with E-state index >= 15 is 0 Å². The number of furan rings is 1. The lowest BCUT2D eigenvalue weighted by atomic mass is 10.4. The summed E-state index contributed by atoms with van der Waals surface area (Å²) in [7, 11) is 0. The first-order chi connectivity index (χ1) is 5.84. The number of halogens is 1. The topological polar surface area (TPSA) is 49.0 Å². The molecule has 1 heterocycles. The van der Waals surface area contributed by atoms with Crippen molar-refractivity contribution in [1.29, 1.82) is 5.26 Å². The Bertz CT molecular complexity index is 277. The second-order valence-corrected chi connectivity index (χ2v) is 3.13. The quantitative estimate of drug-likeness (QED) is 0.803. The highest BCUT2D eigenvalue weighted by Crippen LogP contribution is 2.16. The van der Waals surface area contributed by atoms with Crippen molar-refractivity contribution in [2.24, 2.45) is 0 Å². The molecule has 0 spiro atoms. The van der Waals surface area contributed by atoms with Gasteiger partial charge in [0, 0.05) is 13.0 Å². The summed E-state index contributed by atoms with van der Waals surface area (Å²) in [5.74, 6) is 0.868. The third-order valence-corrected chi connectivity index (χ3v) is 2.10. The van der Waals surface area contributed by atoms with Gasteiger partial charge in [-0.25, -0.2) is 0 Å². The van der Waals surface area contributed by atoms with Crippen LogP contribution in [0, 0.1) is 11.3 Å². The van der Waals surface area contributed by atoms with E-state index in [4.69, 9.17) is 9.68 Å². The summed E-state index contributed by atoms with van der Waals surface area (Å²) in [6.07, 6.45) is 2.16. The van der Waals surface area contributed by atoms with Crippen LogP contribution in [0.25, 0.3) is 0 Å². The van der Waals surface area contributed by atoms with E-state index in [0.29, 0.717) is 19.5 Å². The Balaban J connectivity index is 2.25. The molecule has 0 unspecified atom stereocenters. The average Bonchev–Trinajstić information content (AvgIpc) is 2.46. The van der Waals surface area contributed by atoms with Crippen molar-refractivity contribution < 1.29 is 4.42 Å². The van der Waals surface area contributed by atoms with Gasteiger partial charge in [-0.15, -0.1) is 0 Å². The minimum atomic E-state index is 0.526. The Morgan fingerprint density at radius 2 is 2.50 bits per heavy atom. The molecule has 1 rings (SSSR count). The molecule has 0 fully saturated rings. The van der Waals surface area contributed by atoms with Crippen LogP contribution in [-0.4, -0.2) is 6.54 Å². The lowest BCUT2D eigenvalue weighted by Gasteiger charge is -1.98. The molecule has 12 heavy (non-hydrogen) atoms. The van der Waals surface area contributed by atoms with Crippen LogP contribution in [0.2, 0.25) is 0 Å². The van der Waals surface area contributed by atoms with E-state index in [0.717, 1.165) is 10.2 Å². The second-order valence-electron chi connectivity index (χ2n) is 2.28. The van der Waals surface area contributed by atoms with Crippen molar-refractivity contribution in [2.45, 2.75) is 13.0 Å². The summed E-state index contributed by atoms with van der Waals surface area (Å²) < 4.78 is 6.12. The van der Waals surface area contributed by atoms with Crippen molar-refractivity contribution in [1.82, 2.24) is 5.32 Å². The maximum absolute atomic E-state index is 8.26. The van der Waals surface area contributed by atoms with Crippen LogP contribution in [0.15, 0.2) is 21.2 Å². The molecule has 4 heteroatoms. The highest BCUT2D eigenvalue weighted by atomic mass is 79.9. The van der Waals surface area contributed by atoms with Gasteiger partial charge in [-0.1, -0.05) is 0 Å². The van der Waals surface area contributed by atoms with Crippen molar-refractivity contribution >= 4 is 15.9 Å². The highest BCUT2D eigenvalue weighted by Gasteiger charge is 2.00. The fourth-order valence-corrected chi connectivity index (χ4v) is 1.14. The smallest absolute Gasteiger partial charge is 0.131 e. The van der Waals surface area contributed by atoms with Gasteiger partial charge in [0.2, 0.25) is 0 Å². The SMILES string of the molecule is N#CCCNCc1occc1Br.